The molecule has 0 spiro atoms. The molecule has 0 radical (unpaired) electrons. The number of aliphatic hydroxyl groups is 2. The minimum Gasteiger partial charge on any atom is -0.459 e. The molecule has 0 bridgehead atoms. The molecule has 5 rings (SSSR count). The standard InChI is InChI=1S/C49H73N3O12/c1-15-37-49(11)39(28(3)26-59-49)30(5)40(53)27(2)21-48(10,58-18-16-17-34-20-35(23-50)25-51-24-34)44(64-46-41(54)36(52(12)13)19-29(4)60-46)31(6)42(32(7)45(56)62-37)63-38-22-47(9,57-14)43(55)33(8)61-38/h20,24-25,27,29-33,36-39,41-44,46,54-55H,3,15,18-19,21-22,26H2,1-2,4-14H3/t27-,29-,30?,31+,32-,33+,36+,37-,38?,39+,41-,42+,43+,44-,46+,47-,48-,49-/m1/s1. The first-order chi connectivity index (χ1) is 30.0. The molecule has 4 saturated heterocycles. The van der Waals surface area contributed by atoms with Crippen LogP contribution in [0.3, 0.4) is 0 Å². The molecule has 15 heteroatoms. The number of nitrogens with zero attached hydrogens (tertiary/aromatic N) is 3. The lowest BCUT2D eigenvalue weighted by atomic mass is 9.69. The number of hydrogen-bond donors (Lipinski definition) is 2. The van der Waals surface area contributed by atoms with Crippen molar-refractivity contribution in [2.45, 2.75) is 173 Å². The highest BCUT2D eigenvalue weighted by Crippen LogP contribution is 2.47. The van der Waals surface area contributed by atoms with Crippen molar-refractivity contribution in [1.29, 1.82) is 5.26 Å². The fraction of sp³-hybridized carbons (Fsp3) is 0.755. The SMILES string of the molecule is C=C1CO[C@]2(C)[C@@H](CC)OC(=O)[C@H](C)[C@@H](OC3C[C@@](C)(OC)[C@@H](O)[C@H](C)O3)[C@H](C)[C@@H](O[C@@H]3O[C@H](C)C[C@H](N(C)C)[C@H]3O)[C@](C)(OCC#Cc3cncc(C#N)c3)C[C@@H](C)C(=O)C(C)[C@H]12. The van der Waals surface area contributed by atoms with E-state index in [0.29, 0.717) is 24.0 Å². The second-order valence-electron chi connectivity index (χ2n) is 19.5. The van der Waals surface area contributed by atoms with Crippen molar-refractivity contribution in [3.05, 3.63) is 41.7 Å². The van der Waals surface area contributed by atoms with E-state index in [-0.39, 0.29) is 44.0 Å². The van der Waals surface area contributed by atoms with Gasteiger partial charge in [0.15, 0.2) is 12.6 Å². The lowest BCUT2D eigenvalue weighted by Crippen LogP contribution is -2.61. The second kappa shape index (κ2) is 21.1. The molecule has 356 valence electrons. The van der Waals surface area contributed by atoms with Crippen LogP contribution in [0.5, 0.6) is 0 Å². The van der Waals surface area contributed by atoms with Gasteiger partial charge in [-0.25, -0.2) is 0 Å². The maximum atomic E-state index is 14.9. The van der Waals surface area contributed by atoms with Crippen LogP contribution >= 0.6 is 0 Å². The Bertz CT molecular complexity index is 1910. The molecule has 0 amide bonds. The highest BCUT2D eigenvalue weighted by atomic mass is 16.7. The quantitative estimate of drug-likeness (QED) is 0.192. The molecule has 0 aromatic carbocycles. The van der Waals surface area contributed by atoms with Gasteiger partial charge in [0.2, 0.25) is 0 Å². The monoisotopic (exact) mass is 896 g/mol. The molecule has 4 aliphatic rings. The average Bonchev–Trinajstić information content (AvgIpc) is 3.57. The van der Waals surface area contributed by atoms with Gasteiger partial charge in [0.1, 0.15) is 42.4 Å². The lowest BCUT2D eigenvalue weighted by Gasteiger charge is -2.50. The molecular formula is C49H73N3O12. The predicted molar refractivity (Wildman–Crippen MR) is 236 cm³/mol. The maximum Gasteiger partial charge on any atom is 0.311 e. The fourth-order valence-corrected chi connectivity index (χ4v) is 10.7. The van der Waals surface area contributed by atoms with Crippen LogP contribution in [-0.2, 0) is 47.5 Å². The van der Waals surface area contributed by atoms with Gasteiger partial charge >= 0.3 is 5.97 Å². The Hall–Kier alpha value is -3.32. The molecule has 15 nitrogen and oxygen atoms in total. The van der Waals surface area contributed by atoms with Gasteiger partial charge in [-0.05, 0) is 86.5 Å². The van der Waals surface area contributed by atoms with Gasteiger partial charge in [0.05, 0.1) is 53.7 Å². The Morgan fingerprint density at radius 1 is 0.984 bits per heavy atom. The summed E-state index contributed by atoms with van der Waals surface area (Å²) in [6.07, 6.45) is -3.77. The summed E-state index contributed by atoms with van der Waals surface area (Å²) in [6.45, 7) is 22.9. The summed E-state index contributed by atoms with van der Waals surface area (Å²) in [4.78, 5) is 35.7. The number of carbonyl (C=O) groups excluding carboxylic acids is 2. The molecular weight excluding hydrogens is 823 g/mol. The largest absolute Gasteiger partial charge is 0.459 e. The summed E-state index contributed by atoms with van der Waals surface area (Å²) >= 11 is 0. The van der Waals surface area contributed by atoms with Crippen molar-refractivity contribution in [3.63, 3.8) is 0 Å². The van der Waals surface area contributed by atoms with Crippen LogP contribution in [0.15, 0.2) is 30.6 Å². The van der Waals surface area contributed by atoms with Crippen molar-refractivity contribution in [1.82, 2.24) is 9.88 Å². The number of aliphatic hydroxyl groups excluding tert-OH is 2. The first-order valence-electron chi connectivity index (χ1n) is 22.8. The summed E-state index contributed by atoms with van der Waals surface area (Å²) in [7, 11) is 5.30. The topological polar surface area (TPSA) is 188 Å². The van der Waals surface area contributed by atoms with Gasteiger partial charge < -0.3 is 53.0 Å². The second-order valence-corrected chi connectivity index (χ2v) is 19.5. The number of esters is 1. The molecule has 1 aromatic heterocycles. The zero-order valence-corrected chi connectivity index (χ0v) is 40.2. The van der Waals surface area contributed by atoms with Crippen LogP contribution in [0.4, 0.5) is 0 Å². The summed E-state index contributed by atoms with van der Waals surface area (Å²) < 4.78 is 52.4. The Labute approximate surface area is 380 Å². The Balaban J connectivity index is 1.69. The molecule has 64 heavy (non-hydrogen) atoms. The summed E-state index contributed by atoms with van der Waals surface area (Å²) in [5.74, 6) is 2.07. The molecule has 1 aromatic rings. The van der Waals surface area contributed by atoms with E-state index in [2.05, 4.69) is 29.5 Å². The maximum absolute atomic E-state index is 14.9. The number of nitriles is 1. The number of rotatable bonds is 9. The fourth-order valence-electron chi connectivity index (χ4n) is 10.7. The highest BCUT2D eigenvalue weighted by Gasteiger charge is 2.57. The van der Waals surface area contributed by atoms with Gasteiger partial charge in [-0.3, -0.25) is 14.6 Å². The molecule has 5 heterocycles. The number of likely N-dealkylation sites (N-methyl/N-ethyl adjacent to an activating group) is 1. The van der Waals surface area contributed by atoms with E-state index in [1.807, 2.05) is 67.5 Å². The van der Waals surface area contributed by atoms with E-state index < -0.39 is 102 Å². The van der Waals surface area contributed by atoms with Crippen LogP contribution < -0.4 is 0 Å². The Morgan fingerprint density at radius 3 is 2.31 bits per heavy atom. The molecule has 18 atom stereocenters. The van der Waals surface area contributed by atoms with Gasteiger partial charge in [0, 0.05) is 61.2 Å². The number of fused-ring (bicyclic) bond motifs is 1. The minimum atomic E-state index is -1.38. The molecule has 2 N–H and O–H groups in total. The summed E-state index contributed by atoms with van der Waals surface area (Å²) in [6, 6.07) is 3.39. The number of pyridine rings is 1. The molecule has 4 aliphatic heterocycles. The van der Waals surface area contributed by atoms with Crippen LogP contribution in [0.25, 0.3) is 0 Å². The van der Waals surface area contributed by atoms with E-state index in [9.17, 15) is 25.1 Å². The number of methoxy groups -OCH3 is 1. The average molecular weight is 896 g/mol. The first kappa shape index (κ1) is 51.7. The predicted octanol–water partition coefficient (Wildman–Crippen LogP) is 4.98. The van der Waals surface area contributed by atoms with Gasteiger partial charge in [-0.1, -0.05) is 46.1 Å². The number of hydrogen-bond acceptors (Lipinski definition) is 15. The van der Waals surface area contributed by atoms with Crippen LogP contribution in [0.1, 0.15) is 106 Å². The van der Waals surface area contributed by atoms with Crippen LogP contribution in [-0.4, -0.2) is 144 Å². The highest BCUT2D eigenvalue weighted by molar-refractivity contribution is 5.84. The van der Waals surface area contributed by atoms with Crippen molar-refractivity contribution in [3.8, 4) is 17.9 Å². The molecule has 4 fully saturated rings. The third kappa shape index (κ3) is 10.9. The van der Waals surface area contributed by atoms with Crippen LogP contribution in [0.2, 0.25) is 0 Å². The third-order valence-electron chi connectivity index (χ3n) is 14.4. The minimum absolute atomic E-state index is 0.0637. The normalized spacial score (nSPS) is 42.5. The van der Waals surface area contributed by atoms with E-state index >= 15 is 0 Å². The molecule has 0 aliphatic carbocycles. The lowest BCUT2D eigenvalue weighted by molar-refractivity contribution is -0.320. The van der Waals surface area contributed by atoms with E-state index in [1.54, 1.807) is 33.0 Å². The third-order valence-corrected chi connectivity index (χ3v) is 14.4. The van der Waals surface area contributed by atoms with Crippen LogP contribution in [0, 0.1) is 52.8 Å². The molecule has 2 unspecified atom stereocenters. The smallest absolute Gasteiger partial charge is 0.311 e. The van der Waals surface area contributed by atoms with Crippen molar-refractivity contribution < 1.29 is 57.7 Å². The van der Waals surface area contributed by atoms with Gasteiger partial charge in [-0.2, -0.15) is 5.26 Å². The summed E-state index contributed by atoms with van der Waals surface area (Å²) in [5.41, 5.74) is -1.87. The number of cyclic esters (lactones) is 1. The molecule has 0 saturated carbocycles. The van der Waals surface area contributed by atoms with E-state index in [1.165, 1.54) is 13.3 Å². The van der Waals surface area contributed by atoms with Crippen molar-refractivity contribution >= 4 is 11.8 Å². The van der Waals surface area contributed by atoms with E-state index in [4.69, 9.17) is 37.9 Å². The van der Waals surface area contributed by atoms with Crippen molar-refractivity contribution in [2.75, 3.05) is 34.4 Å². The number of ether oxygens (including phenoxy) is 8. The van der Waals surface area contributed by atoms with Gasteiger partial charge in [0.25, 0.3) is 0 Å². The number of aromatic nitrogens is 1. The zero-order chi connectivity index (χ0) is 47.5. The number of carbonyl (C=O) groups is 2. The first-order valence-corrected chi connectivity index (χ1v) is 22.8. The summed E-state index contributed by atoms with van der Waals surface area (Å²) in [5, 5.41) is 32.5. The van der Waals surface area contributed by atoms with E-state index in [0.717, 1.165) is 5.57 Å². The van der Waals surface area contributed by atoms with Gasteiger partial charge in [-0.15, -0.1) is 0 Å². The number of ketones is 1. The van der Waals surface area contributed by atoms with Crippen molar-refractivity contribution in [2.24, 2.45) is 29.6 Å². The Kier molecular flexibility index (Phi) is 17.0. The Morgan fingerprint density at radius 2 is 1.67 bits per heavy atom. The zero-order valence-electron chi connectivity index (χ0n) is 40.2. The number of Topliss-reactive ketones (excluding diaryl/α,β-unsaturated/α-hetero) is 1.